The first-order chi connectivity index (χ1) is 10.3. The highest BCUT2D eigenvalue weighted by molar-refractivity contribution is 7.89. The van der Waals surface area contributed by atoms with Crippen molar-refractivity contribution in [1.29, 1.82) is 0 Å². The molecule has 0 aliphatic heterocycles. The van der Waals surface area contributed by atoms with E-state index in [1.165, 1.54) is 0 Å². The van der Waals surface area contributed by atoms with E-state index in [9.17, 15) is 13.2 Å². The van der Waals surface area contributed by atoms with Gasteiger partial charge in [0.15, 0.2) is 0 Å². The summed E-state index contributed by atoms with van der Waals surface area (Å²) in [5.41, 5.74) is 1.12. The monoisotopic (exact) mass is 326 g/mol. The highest BCUT2D eigenvalue weighted by Crippen LogP contribution is 2.13. The van der Waals surface area contributed by atoms with Gasteiger partial charge in [-0.25, -0.2) is 13.1 Å². The Morgan fingerprint density at radius 2 is 1.82 bits per heavy atom. The van der Waals surface area contributed by atoms with Crippen LogP contribution in [0.2, 0.25) is 0 Å². The third-order valence-corrected chi connectivity index (χ3v) is 4.66. The van der Waals surface area contributed by atoms with Crippen molar-refractivity contribution < 1.29 is 13.2 Å². The Bertz CT molecular complexity index is 566. The highest BCUT2D eigenvalue weighted by atomic mass is 32.2. The van der Waals surface area contributed by atoms with Crippen LogP contribution in [-0.4, -0.2) is 27.4 Å². The first kappa shape index (κ1) is 18.6. The minimum absolute atomic E-state index is 0.184. The van der Waals surface area contributed by atoms with Gasteiger partial charge in [-0.2, -0.15) is 0 Å². The van der Waals surface area contributed by atoms with Crippen LogP contribution in [0.4, 0.5) is 0 Å². The van der Waals surface area contributed by atoms with Crippen molar-refractivity contribution in [2.75, 3.05) is 13.1 Å². The van der Waals surface area contributed by atoms with Gasteiger partial charge in [-0.15, -0.1) is 0 Å². The van der Waals surface area contributed by atoms with E-state index < -0.39 is 10.0 Å². The maximum atomic E-state index is 12.1. The van der Waals surface area contributed by atoms with Crippen LogP contribution in [0.3, 0.4) is 0 Å². The summed E-state index contributed by atoms with van der Waals surface area (Å²) in [5.74, 6) is 0.297. The third-order valence-electron chi connectivity index (χ3n) is 3.24. The molecule has 1 aromatic rings. The van der Waals surface area contributed by atoms with Gasteiger partial charge in [-0.3, -0.25) is 4.79 Å². The van der Waals surface area contributed by atoms with Gasteiger partial charge in [0.1, 0.15) is 0 Å². The summed E-state index contributed by atoms with van der Waals surface area (Å²) >= 11 is 0. The summed E-state index contributed by atoms with van der Waals surface area (Å²) in [7, 11) is -3.64. The Hall–Kier alpha value is -1.40. The van der Waals surface area contributed by atoms with Crippen molar-refractivity contribution in [2.45, 2.75) is 44.9 Å². The minimum atomic E-state index is -3.64. The molecule has 0 bridgehead atoms. The molecule has 5 nitrogen and oxygen atoms in total. The number of hydrogen-bond donors (Lipinski definition) is 2. The van der Waals surface area contributed by atoms with Gasteiger partial charge in [0.05, 0.1) is 11.4 Å². The van der Waals surface area contributed by atoms with Crippen molar-refractivity contribution in [2.24, 2.45) is 5.92 Å². The van der Waals surface area contributed by atoms with E-state index in [1.807, 2.05) is 19.1 Å². The predicted molar refractivity (Wildman–Crippen MR) is 88.1 cm³/mol. The van der Waals surface area contributed by atoms with E-state index >= 15 is 0 Å². The Labute approximate surface area is 133 Å². The zero-order valence-corrected chi connectivity index (χ0v) is 14.4. The highest BCUT2D eigenvalue weighted by Gasteiger charge is 2.15. The Morgan fingerprint density at radius 3 is 2.36 bits per heavy atom. The zero-order valence-electron chi connectivity index (χ0n) is 13.6. The molecule has 0 spiro atoms. The van der Waals surface area contributed by atoms with Gasteiger partial charge >= 0.3 is 0 Å². The van der Waals surface area contributed by atoms with Gasteiger partial charge in [-0.05, 0) is 42.9 Å². The Kier molecular flexibility index (Phi) is 7.55. The van der Waals surface area contributed by atoms with Crippen LogP contribution < -0.4 is 10.0 Å². The second kappa shape index (κ2) is 8.90. The van der Waals surface area contributed by atoms with Crippen molar-refractivity contribution >= 4 is 15.9 Å². The number of carbonyl (C=O) groups is 1. The molecule has 0 radical (unpaired) electrons. The molecule has 2 N–H and O–H groups in total. The lowest BCUT2D eigenvalue weighted by atomic mass is 10.0. The number of carbonyl (C=O) groups excluding carboxylic acids is 1. The van der Waals surface area contributed by atoms with Gasteiger partial charge < -0.3 is 5.32 Å². The van der Waals surface area contributed by atoms with Crippen LogP contribution in [-0.2, 0) is 21.2 Å². The van der Waals surface area contributed by atoms with Crippen LogP contribution in [0, 0.1) is 5.92 Å². The van der Waals surface area contributed by atoms with Gasteiger partial charge in [0.2, 0.25) is 15.9 Å². The van der Waals surface area contributed by atoms with E-state index in [0.717, 1.165) is 24.8 Å². The number of hydrogen-bond acceptors (Lipinski definition) is 3. The quantitative estimate of drug-likeness (QED) is 0.729. The molecule has 0 heterocycles. The molecule has 1 rings (SSSR count). The number of nitrogens with one attached hydrogen (secondary N) is 2. The first-order valence-electron chi connectivity index (χ1n) is 7.70. The van der Waals surface area contributed by atoms with Crippen molar-refractivity contribution in [1.82, 2.24) is 10.0 Å². The van der Waals surface area contributed by atoms with Crippen molar-refractivity contribution in [3.8, 4) is 0 Å². The standard InChI is InChI=1S/C16H26N2O3S/c1-4-11-17-16(19)12-18-22(20,21)15-9-7-14(8-10-15)6-5-13(2)3/h7-10,13,18H,4-6,11-12H2,1-3H3,(H,17,19). The molecule has 0 aliphatic carbocycles. The Balaban J connectivity index is 2.59. The fourth-order valence-corrected chi connectivity index (χ4v) is 2.84. The third kappa shape index (κ3) is 6.58. The molecule has 0 aliphatic rings. The van der Waals surface area contributed by atoms with Crippen LogP contribution in [0.25, 0.3) is 0 Å². The second-order valence-corrected chi connectivity index (χ2v) is 7.52. The van der Waals surface area contributed by atoms with E-state index in [1.54, 1.807) is 12.1 Å². The molecule has 22 heavy (non-hydrogen) atoms. The molecule has 124 valence electrons. The van der Waals surface area contributed by atoms with E-state index in [0.29, 0.717) is 12.5 Å². The molecule has 0 unspecified atom stereocenters. The van der Waals surface area contributed by atoms with Crippen molar-refractivity contribution in [3.63, 3.8) is 0 Å². The van der Waals surface area contributed by atoms with Crippen molar-refractivity contribution in [3.05, 3.63) is 29.8 Å². The van der Waals surface area contributed by atoms with Gasteiger partial charge in [-0.1, -0.05) is 32.9 Å². The first-order valence-corrected chi connectivity index (χ1v) is 9.18. The SMILES string of the molecule is CCCNC(=O)CNS(=O)(=O)c1ccc(CCC(C)C)cc1. The summed E-state index contributed by atoms with van der Waals surface area (Å²) in [6, 6.07) is 6.83. The van der Waals surface area contributed by atoms with E-state index in [2.05, 4.69) is 23.9 Å². The molecule has 0 atom stereocenters. The zero-order chi connectivity index (χ0) is 16.6. The molecule has 1 amide bonds. The molecule has 0 fully saturated rings. The molecule has 0 saturated carbocycles. The van der Waals surface area contributed by atoms with E-state index in [4.69, 9.17) is 0 Å². The van der Waals surface area contributed by atoms with Crippen LogP contribution in [0.15, 0.2) is 29.2 Å². The fraction of sp³-hybridized carbons (Fsp3) is 0.562. The second-order valence-electron chi connectivity index (χ2n) is 5.75. The fourth-order valence-electron chi connectivity index (χ4n) is 1.86. The average Bonchev–Trinajstić information content (AvgIpc) is 2.49. The molecular weight excluding hydrogens is 300 g/mol. The van der Waals surface area contributed by atoms with Crippen LogP contribution in [0.1, 0.15) is 39.2 Å². The predicted octanol–water partition coefficient (Wildman–Crippen LogP) is 2.08. The van der Waals surface area contributed by atoms with Crippen LogP contribution >= 0.6 is 0 Å². The largest absolute Gasteiger partial charge is 0.355 e. The summed E-state index contributed by atoms with van der Waals surface area (Å²) in [5, 5.41) is 2.63. The number of benzene rings is 1. The summed E-state index contributed by atoms with van der Waals surface area (Å²) < 4.78 is 26.5. The molecule has 6 heteroatoms. The molecular formula is C16H26N2O3S. The summed E-state index contributed by atoms with van der Waals surface area (Å²) in [6.07, 6.45) is 2.82. The number of rotatable bonds is 9. The smallest absolute Gasteiger partial charge is 0.241 e. The summed E-state index contributed by atoms with van der Waals surface area (Å²) in [6.45, 7) is 6.56. The van der Waals surface area contributed by atoms with Crippen LogP contribution in [0.5, 0.6) is 0 Å². The lowest BCUT2D eigenvalue weighted by Crippen LogP contribution is -2.37. The van der Waals surface area contributed by atoms with E-state index in [-0.39, 0.29) is 17.3 Å². The average molecular weight is 326 g/mol. The number of amides is 1. The Morgan fingerprint density at radius 1 is 1.18 bits per heavy atom. The number of aryl methyl sites for hydroxylation is 1. The maximum Gasteiger partial charge on any atom is 0.241 e. The lowest BCUT2D eigenvalue weighted by molar-refractivity contribution is -0.119. The summed E-state index contributed by atoms with van der Waals surface area (Å²) in [4.78, 5) is 11.6. The van der Waals surface area contributed by atoms with Gasteiger partial charge in [0.25, 0.3) is 0 Å². The topological polar surface area (TPSA) is 75.3 Å². The molecule has 0 saturated heterocycles. The number of sulfonamides is 1. The normalized spacial score (nSPS) is 11.6. The maximum absolute atomic E-state index is 12.1. The molecule has 0 aromatic heterocycles. The lowest BCUT2D eigenvalue weighted by Gasteiger charge is -2.09. The van der Waals surface area contributed by atoms with Gasteiger partial charge in [0, 0.05) is 6.54 Å². The minimum Gasteiger partial charge on any atom is -0.355 e. The molecule has 1 aromatic carbocycles.